The molecule has 27 heavy (non-hydrogen) atoms. The number of benzene rings is 1. The molecule has 0 aliphatic carbocycles. The van der Waals surface area contributed by atoms with Crippen LogP contribution < -0.4 is 10.2 Å². The van der Waals surface area contributed by atoms with Gasteiger partial charge in [-0.25, -0.2) is 0 Å². The lowest BCUT2D eigenvalue weighted by Gasteiger charge is -2.35. The number of hydrogen-bond donors (Lipinski definition) is 1. The molecule has 0 atom stereocenters. The number of anilines is 2. The largest absolute Gasteiger partial charge is 0.368 e. The fourth-order valence-electron chi connectivity index (χ4n) is 3.30. The van der Waals surface area contributed by atoms with Gasteiger partial charge in [0.2, 0.25) is 0 Å². The van der Waals surface area contributed by atoms with E-state index in [1.165, 1.54) is 5.56 Å². The van der Waals surface area contributed by atoms with E-state index in [1.54, 1.807) is 6.20 Å². The average molecular weight is 367 g/mol. The maximum Gasteiger partial charge on any atom is 0.257 e. The van der Waals surface area contributed by atoms with Crippen LogP contribution in [0.3, 0.4) is 0 Å². The number of carbonyl (C=O) groups excluding carboxylic acids is 1. The quantitative estimate of drug-likeness (QED) is 0.895. The predicted molar refractivity (Wildman–Crippen MR) is 112 cm³/mol. The Kier molecular flexibility index (Phi) is 5.80. The first kappa shape index (κ1) is 19.4. The lowest BCUT2D eigenvalue weighted by molar-refractivity contribution is 0.102. The molecule has 144 valence electrons. The summed E-state index contributed by atoms with van der Waals surface area (Å²) in [4.78, 5) is 21.7. The predicted octanol–water partition coefficient (Wildman–Crippen LogP) is 3.77. The second-order valence-corrected chi connectivity index (χ2v) is 8.13. The molecule has 0 saturated carbocycles. The summed E-state index contributed by atoms with van der Waals surface area (Å²) in [6.07, 6.45) is 3.47. The van der Waals surface area contributed by atoms with E-state index in [-0.39, 0.29) is 11.3 Å². The second-order valence-electron chi connectivity index (χ2n) is 8.13. The molecule has 0 radical (unpaired) electrons. The Morgan fingerprint density at radius 2 is 1.74 bits per heavy atom. The van der Waals surface area contributed by atoms with Gasteiger partial charge in [-0.05, 0) is 35.7 Å². The third kappa shape index (κ3) is 4.86. The summed E-state index contributed by atoms with van der Waals surface area (Å²) < 4.78 is 0. The van der Waals surface area contributed by atoms with Crippen LogP contribution in [0, 0.1) is 0 Å². The molecule has 1 fully saturated rings. The zero-order valence-corrected chi connectivity index (χ0v) is 16.8. The van der Waals surface area contributed by atoms with Gasteiger partial charge >= 0.3 is 0 Å². The molecule has 5 nitrogen and oxygen atoms in total. The van der Waals surface area contributed by atoms with Crippen LogP contribution >= 0.6 is 0 Å². The molecular formula is C22H30N4O. The Morgan fingerprint density at radius 3 is 2.33 bits per heavy atom. The van der Waals surface area contributed by atoms with E-state index < -0.39 is 0 Å². The highest BCUT2D eigenvalue weighted by Gasteiger charge is 2.18. The van der Waals surface area contributed by atoms with Gasteiger partial charge in [-0.2, -0.15) is 0 Å². The summed E-state index contributed by atoms with van der Waals surface area (Å²) in [5, 5.41) is 2.98. The number of piperazine rings is 1. The molecule has 1 amide bonds. The smallest absolute Gasteiger partial charge is 0.257 e. The van der Waals surface area contributed by atoms with Gasteiger partial charge in [-0.1, -0.05) is 39.8 Å². The van der Waals surface area contributed by atoms with Gasteiger partial charge in [0.1, 0.15) is 0 Å². The highest BCUT2D eigenvalue weighted by atomic mass is 16.1. The molecule has 1 aromatic heterocycles. The normalized spacial score (nSPS) is 15.6. The van der Waals surface area contributed by atoms with E-state index >= 15 is 0 Å². The Labute approximate surface area is 162 Å². The minimum Gasteiger partial charge on any atom is -0.368 e. The van der Waals surface area contributed by atoms with Crippen LogP contribution in [0.4, 0.5) is 11.4 Å². The first-order valence-electron chi connectivity index (χ1n) is 9.71. The molecule has 1 aromatic carbocycles. The van der Waals surface area contributed by atoms with Crippen molar-refractivity contribution >= 4 is 17.3 Å². The highest BCUT2D eigenvalue weighted by Crippen LogP contribution is 2.24. The van der Waals surface area contributed by atoms with Crippen LogP contribution in [0.5, 0.6) is 0 Å². The minimum atomic E-state index is -0.125. The van der Waals surface area contributed by atoms with Crippen LogP contribution in [0.25, 0.3) is 0 Å². The van der Waals surface area contributed by atoms with Crippen LogP contribution in [-0.2, 0) is 5.41 Å². The summed E-state index contributed by atoms with van der Waals surface area (Å²) in [6.45, 7) is 13.8. The molecule has 1 aliphatic rings. The molecule has 3 rings (SSSR count). The molecule has 0 unspecified atom stereocenters. The molecule has 0 bridgehead atoms. The maximum atomic E-state index is 12.7. The number of likely N-dealkylation sites (N-methyl/N-ethyl adjacent to an activating group) is 1. The second kappa shape index (κ2) is 8.09. The van der Waals surface area contributed by atoms with E-state index in [2.05, 4.69) is 59.9 Å². The molecule has 2 heterocycles. The molecule has 1 saturated heterocycles. The average Bonchev–Trinajstić information content (AvgIpc) is 2.68. The SMILES string of the molecule is CCN1CCN(c2cncc(C(=O)Nc3ccc(C(C)(C)C)cc3)c2)CC1. The number of hydrogen-bond acceptors (Lipinski definition) is 4. The minimum absolute atomic E-state index is 0.0998. The number of pyridine rings is 1. The third-order valence-corrected chi connectivity index (χ3v) is 5.18. The van der Waals surface area contributed by atoms with Crippen molar-refractivity contribution in [1.29, 1.82) is 0 Å². The molecule has 1 aliphatic heterocycles. The third-order valence-electron chi connectivity index (χ3n) is 5.18. The van der Waals surface area contributed by atoms with Gasteiger partial charge in [0.25, 0.3) is 5.91 Å². The number of rotatable bonds is 4. The van der Waals surface area contributed by atoms with Gasteiger partial charge in [-0.15, -0.1) is 0 Å². The molecule has 2 aromatic rings. The van der Waals surface area contributed by atoms with Crippen molar-refractivity contribution in [2.24, 2.45) is 0 Å². The Bertz CT molecular complexity index is 772. The number of nitrogens with one attached hydrogen (secondary N) is 1. The van der Waals surface area contributed by atoms with Crippen molar-refractivity contribution in [2.75, 3.05) is 42.9 Å². The molecule has 1 N–H and O–H groups in total. The van der Waals surface area contributed by atoms with Gasteiger partial charge in [-0.3, -0.25) is 9.78 Å². The van der Waals surface area contributed by atoms with Crippen molar-refractivity contribution in [2.45, 2.75) is 33.1 Å². The summed E-state index contributed by atoms with van der Waals surface area (Å²) in [5.74, 6) is -0.125. The van der Waals surface area contributed by atoms with Crippen LogP contribution in [0.15, 0.2) is 42.7 Å². The van der Waals surface area contributed by atoms with E-state index in [1.807, 2.05) is 24.4 Å². The lowest BCUT2D eigenvalue weighted by atomic mass is 9.87. The zero-order valence-electron chi connectivity index (χ0n) is 16.8. The Hall–Kier alpha value is -2.40. The Morgan fingerprint density at radius 1 is 1.07 bits per heavy atom. The van der Waals surface area contributed by atoms with Gasteiger partial charge in [0, 0.05) is 38.1 Å². The summed E-state index contributed by atoms with van der Waals surface area (Å²) in [7, 11) is 0. The fraction of sp³-hybridized carbons (Fsp3) is 0.455. The van der Waals surface area contributed by atoms with E-state index in [9.17, 15) is 4.79 Å². The Balaban J connectivity index is 1.67. The standard InChI is InChI=1S/C22H30N4O/c1-5-25-10-12-26(13-11-25)20-14-17(15-23-16-20)21(27)24-19-8-6-18(7-9-19)22(2,3)4/h6-9,14-16H,5,10-13H2,1-4H3,(H,24,27). The number of carbonyl (C=O) groups is 1. The number of aromatic nitrogens is 1. The van der Waals surface area contributed by atoms with Gasteiger partial charge in [0.05, 0.1) is 17.4 Å². The summed E-state index contributed by atoms with van der Waals surface area (Å²) in [6, 6.07) is 9.99. The highest BCUT2D eigenvalue weighted by molar-refractivity contribution is 6.04. The van der Waals surface area contributed by atoms with E-state index in [0.29, 0.717) is 5.56 Å². The first-order chi connectivity index (χ1) is 12.9. The van der Waals surface area contributed by atoms with Crippen molar-refractivity contribution < 1.29 is 4.79 Å². The fourth-order valence-corrected chi connectivity index (χ4v) is 3.30. The topological polar surface area (TPSA) is 48.5 Å². The van der Waals surface area contributed by atoms with Crippen LogP contribution in [0.2, 0.25) is 0 Å². The zero-order chi connectivity index (χ0) is 19.4. The van der Waals surface area contributed by atoms with Gasteiger partial charge < -0.3 is 15.1 Å². The van der Waals surface area contributed by atoms with E-state index in [0.717, 1.165) is 44.1 Å². The van der Waals surface area contributed by atoms with Crippen molar-refractivity contribution in [3.63, 3.8) is 0 Å². The molecular weight excluding hydrogens is 336 g/mol. The first-order valence-corrected chi connectivity index (χ1v) is 9.71. The summed E-state index contributed by atoms with van der Waals surface area (Å²) in [5.41, 5.74) is 3.75. The van der Waals surface area contributed by atoms with Crippen LogP contribution in [0.1, 0.15) is 43.6 Å². The van der Waals surface area contributed by atoms with Crippen molar-refractivity contribution in [1.82, 2.24) is 9.88 Å². The van der Waals surface area contributed by atoms with Gasteiger partial charge in [0.15, 0.2) is 0 Å². The molecule has 0 spiro atoms. The van der Waals surface area contributed by atoms with Crippen molar-refractivity contribution in [3.05, 3.63) is 53.9 Å². The molecule has 5 heteroatoms. The number of nitrogens with zero attached hydrogens (tertiary/aromatic N) is 3. The number of amides is 1. The van der Waals surface area contributed by atoms with Crippen molar-refractivity contribution in [3.8, 4) is 0 Å². The maximum absolute atomic E-state index is 12.7. The van der Waals surface area contributed by atoms with Crippen LogP contribution in [-0.4, -0.2) is 48.5 Å². The summed E-state index contributed by atoms with van der Waals surface area (Å²) >= 11 is 0. The lowest BCUT2D eigenvalue weighted by Crippen LogP contribution is -2.46. The van der Waals surface area contributed by atoms with E-state index in [4.69, 9.17) is 0 Å². The monoisotopic (exact) mass is 366 g/mol.